The van der Waals surface area contributed by atoms with Crippen molar-refractivity contribution in [1.29, 1.82) is 0 Å². The van der Waals surface area contributed by atoms with Crippen molar-refractivity contribution in [2.75, 3.05) is 14.2 Å². The van der Waals surface area contributed by atoms with Gasteiger partial charge in [-0.3, -0.25) is 9.63 Å². The quantitative estimate of drug-likeness (QED) is 0.359. The smallest absolute Gasteiger partial charge is 0.248 e. The zero-order valence-electron chi connectivity index (χ0n) is 21.8. The Morgan fingerprint density at radius 2 is 1.89 bits per heavy atom. The summed E-state index contributed by atoms with van der Waals surface area (Å²) in [6, 6.07) is 15.1. The van der Waals surface area contributed by atoms with E-state index in [2.05, 4.69) is 36.6 Å². The fourth-order valence-electron chi connectivity index (χ4n) is 4.94. The van der Waals surface area contributed by atoms with Gasteiger partial charge in [0.1, 0.15) is 5.82 Å². The molecule has 6 nitrogen and oxygen atoms in total. The van der Waals surface area contributed by atoms with Crippen LogP contribution in [0, 0.1) is 5.82 Å². The number of amides is 1. The second-order valence-electron chi connectivity index (χ2n) is 9.92. The van der Waals surface area contributed by atoms with Crippen LogP contribution in [-0.4, -0.2) is 47.7 Å². The Kier molecular flexibility index (Phi) is 7.64. The molecular weight excluding hydrogens is 459 g/mol. The number of rotatable bonds is 7. The van der Waals surface area contributed by atoms with Gasteiger partial charge in [0.2, 0.25) is 5.91 Å². The van der Waals surface area contributed by atoms with Crippen LogP contribution in [0.2, 0.25) is 0 Å². The van der Waals surface area contributed by atoms with E-state index in [1.54, 1.807) is 7.05 Å². The van der Waals surface area contributed by atoms with E-state index in [1.165, 1.54) is 24.3 Å². The second kappa shape index (κ2) is 10.5. The highest BCUT2D eigenvalue weighted by Gasteiger charge is 2.36. The van der Waals surface area contributed by atoms with Gasteiger partial charge in [-0.05, 0) is 57.5 Å². The van der Waals surface area contributed by atoms with E-state index in [0.717, 1.165) is 27.7 Å². The predicted molar refractivity (Wildman–Crippen MR) is 140 cm³/mol. The maximum absolute atomic E-state index is 13.7. The molecule has 0 bridgehead atoms. The molecule has 7 heteroatoms. The Morgan fingerprint density at radius 3 is 2.56 bits per heavy atom. The number of nitrogens with zero attached hydrogens (tertiary/aromatic N) is 2. The summed E-state index contributed by atoms with van der Waals surface area (Å²) in [4.78, 5) is 17.4. The number of aromatic nitrogens is 1. The second-order valence-corrected chi connectivity index (χ2v) is 9.92. The number of hydrogen-bond donors (Lipinski definition) is 0. The molecule has 0 radical (unpaired) electrons. The molecule has 1 amide bonds. The molecule has 2 unspecified atom stereocenters. The number of fused-ring (bicyclic) bond motifs is 1. The van der Waals surface area contributed by atoms with Crippen molar-refractivity contribution in [3.63, 3.8) is 0 Å². The number of ether oxygens (including phenoxy) is 2. The fraction of sp³-hybridized carbons (Fsp3) is 0.414. The van der Waals surface area contributed by atoms with Crippen LogP contribution in [0.5, 0.6) is 0 Å². The van der Waals surface area contributed by atoms with Crippen molar-refractivity contribution >= 4 is 22.9 Å². The number of hydrogen-bond acceptors (Lipinski definition) is 4. The molecule has 1 fully saturated rings. The lowest BCUT2D eigenvalue weighted by molar-refractivity contribution is -0.290. The van der Waals surface area contributed by atoms with Gasteiger partial charge in [-0.25, -0.2) is 9.45 Å². The zero-order valence-corrected chi connectivity index (χ0v) is 21.8. The summed E-state index contributed by atoms with van der Waals surface area (Å²) in [5, 5.41) is 2.32. The summed E-state index contributed by atoms with van der Waals surface area (Å²) >= 11 is 0. The molecule has 4 rings (SSSR count). The Morgan fingerprint density at radius 1 is 1.19 bits per heavy atom. The maximum Gasteiger partial charge on any atom is 0.248 e. The van der Waals surface area contributed by atoms with Crippen LogP contribution in [0.15, 0.2) is 54.6 Å². The SMILES string of the molecule is CON(C)C(=O)CC1CC(C=Cc2c(-c3ccc(F)cc3)c3ccccc3n2C(C)C)OC(C)(C)O1. The molecular formula is C29H35FN2O4. The highest BCUT2D eigenvalue weighted by molar-refractivity contribution is 6.01. The van der Waals surface area contributed by atoms with Gasteiger partial charge in [0, 0.05) is 41.7 Å². The minimum absolute atomic E-state index is 0.151. The minimum Gasteiger partial charge on any atom is -0.347 e. The summed E-state index contributed by atoms with van der Waals surface area (Å²) in [5.41, 5.74) is 4.14. The van der Waals surface area contributed by atoms with Crippen LogP contribution in [0.25, 0.3) is 28.1 Å². The van der Waals surface area contributed by atoms with Crippen LogP contribution in [0.1, 0.15) is 52.3 Å². The lowest BCUT2D eigenvalue weighted by Crippen LogP contribution is -2.45. The molecule has 2 atom stereocenters. The standard InChI is InChI=1S/C29H35FN2O4/c1-19(2)32-25-10-8-7-9-24(25)28(20-11-13-21(30)14-12-20)26(32)16-15-22-17-23(36-29(3,4)35-22)18-27(33)31(5)34-6/h7-16,19,22-23H,17-18H2,1-6H3. The topological polar surface area (TPSA) is 52.9 Å². The molecule has 2 aromatic carbocycles. The molecule has 0 saturated carbocycles. The van der Waals surface area contributed by atoms with E-state index in [0.29, 0.717) is 6.42 Å². The van der Waals surface area contributed by atoms with E-state index in [1.807, 2.05) is 44.2 Å². The Labute approximate surface area is 212 Å². The lowest BCUT2D eigenvalue weighted by Gasteiger charge is -2.40. The van der Waals surface area contributed by atoms with Crippen molar-refractivity contribution in [2.45, 2.75) is 64.6 Å². The molecule has 1 saturated heterocycles. The van der Waals surface area contributed by atoms with Crippen LogP contribution in [0.4, 0.5) is 4.39 Å². The number of para-hydroxylation sites is 1. The molecule has 1 aromatic heterocycles. The predicted octanol–water partition coefficient (Wildman–Crippen LogP) is 6.36. The number of carbonyl (C=O) groups is 1. The first-order chi connectivity index (χ1) is 17.1. The first-order valence-corrected chi connectivity index (χ1v) is 12.3. The van der Waals surface area contributed by atoms with Crippen LogP contribution < -0.4 is 0 Å². The van der Waals surface area contributed by atoms with Gasteiger partial charge in [0.05, 0.1) is 25.7 Å². The molecule has 1 aliphatic rings. The first kappa shape index (κ1) is 26.1. The van der Waals surface area contributed by atoms with E-state index < -0.39 is 5.79 Å². The zero-order chi connectivity index (χ0) is 26.0. The summed E-state index contributed by atoms with van der Waals surface area (Å²) < 4.78 is 28.3. The van der Waals surface area contributed by atoms with Gasteiger partial charge >= 0.3 is 0 Å². The molecule has 0 N–H and O–H groups in total. The average molecular weight is 495 g/mol. The Bertz CT molecular complexity index is 1250. The van der Waals surface area contributed by atoms with Gasteiger partial charge in [-0.1, -0.05) is 36.4 Å². The van der Waals surface area contributed by atoms with E-state index in [-0.39, 0.29) is 36.4 Å². The minimum atomic E-state index is -0.839. The van der Waals surface area contributed by atoms with Crippen LogP contribution in [0.3, 0.4) is 0 Å². The first-order valence-electron chi connectivity index (χ1n) is 12.3. The molecule has 1 aliphatic heterocycles. The van der Waals surface area contributed by atoms with Crippen molar-refractivity contribution in [3.05, 3.63) is 66.1 Å². The summed E-state index contributed by atoms with van der Waals surface area (Å²) in [5.74, 6) is -1.25. The highest BCUT2D eigenvalue weighted by atomic mass is 19.1. The Hall–Kier alpha value is -3.00. The third-order valence-electron chi connectivity index (χ3n) is 6.47. The third kappa shape index (κ3) is 5.53. The van der Waals surface area contributed by atoms with Gasteiger partial charge in [-0.15, -0.1) is 0 Å². The fourth-order valence-corrected chi connectivity index (χ4v) is 4.94. The van der Waals surface area contributed by atoms with E-state index in [4.69, 9.17) is 14.3 Å². The number of carbonyl (C=O) groups excluding carboxylic acids is 1. The monoisotopic (exact) mass is 494 g/mol. The van der Waals surface area contributed by atoms with Crippen molar-refractivity contribution < 1.29 is 23.5 Å². The van der Waals surface area contributed by atoms with Crippen molar-refractivity contribution in [2.24, 2.45) is 0 Å². The van der Waals surface area contributed by atoms with Crippen LogP contribution >= 0.6 is 0 Å². The van der Waals surface area contributed by atoms with Gasteiger partial charge in [-0.2, -0.15) is 0 Å². The highest BCUT2D eigenvalue weighted by Crippen LogP contribution is 2.38. The molecule has 0 spiro atoms. The molecule has 192 valence electrons. The van der Waals surface area contributed by atoms with Gasteiger partial charge in [0.15, 0.2) is 5.79 Å². The third-order valence-corrected chi connectivity index (χ3v) is 6.47. The number of benzene rings is 2. The van der Waals surface area contributed by atoms with Crippen LogP contribution in [-0.2, 0) is 19.1 Å². The van der Waals surface area contributed by atoms with E-state index in [9.17, 15) is 9.18 Å². The molecule has 0 aliphatic carbocycles. The summed E-state index contributed by atoms with van der Waals surface area (Å²) in [7, 11) is 3.05. The summed E-state index contributed by atoms with van der Waals surface area (Å²) in [6.07, 6.45) is 4.32. The van der Waals surface area contributed by atoms with Gasteiger partial charge in [0.25, 0.3) is 0 Å². The number of halogens is 1. The maximum atomic E-state index is 13.7. The normalized spacial score (nSPS) is 19.9. The average Bonchev–Trinajstić information content (AvgIpc) is 3.16. The molecule has 36 heavy (non-hydrogen) atoms. The lowest BCUT2D eigenvalue weighted by atomic mass is 10.00. The van der Waals surface area contributed by atoms with Gasteiger partial charge < -0.3 is 14.0 Å². The summed E-state index contributed by atoms with van der Waals surface area (Å²) in [6.45, 7) is 8.03. The van der Waals surface area contributed by atoms with E-state index >= 15 is 0 Å². The largest absolute Gasteiger partial charge is 0.347 e. The van der Waals surface area contributed by atoms with Crippen molar-refractivity contribution in [1.82, 2.24) is 9.63 Å². The molecule has 3 aromatic rings. The van der Waals surface area contributed by atoms with Crippen molar-refractivity contribution in [3.8, 4) is 11.1 Å². The Balaban J connectivity index is 1.73. The molecule has 2 heterocycles. The number of hydroxylamine groups is 2.